The summed E-state index contributed by atoms with van der Waals surface area (Å²) in [5, 5.41) is 2.99. The third kappa shape index (κ3) is 8.25. The molecular formula is C32H39N3O6S. The summed E-state index contributed by atoms with van der Waals surface area (Å²) in [6, 6.07) is 21.1. The lowest BCUT2D eigenvalue weighted by Gasteiger charge is -2.34. The molecule has 3 aromatic rings. The number of sulfonamides is 1. The Morgan fingerprint density at radius 2 is 1.57 bits per heavy atom. The number of benzene rings is 3. The molecular weight excluding hydrogens is 554 g/mol. The van der Waals surface area contributed by atoms with Crippen molar-refractivity contribution in [1.29, 1.82) is 0 Å². The van der Waals surface area contributed by atoms with E-state index < -0.39 is 28.5 Å². The van der Waals surface area contributed by atoms with Crippen molar-refractivity contribution in [2.75, 3.05) is 36.9 Å². The Kier molecular flexibility index (Phi) is 10.1. The van der Waals surface area contributed by atoms with E-state index in [1.165, 1.54) is 4.90 Å². The number of amides is 2. The van der Waals surface area contributed by atoms with Gasteiger partial charge in [-0.3, -0.25) is 13.9 Å². The largest absolute Gasteiger partial charge is 0.486 e. The molecule has 9 nitrogen and oxygen atoms in total. The van der Waals surface area contributed by atoms with Crippen LogP contribution >= 0.6 is 0 Å². The first-order valence-corrected chi connectivity index (χ1v) is 15.9. The van der Waals surface area contributed by atoms with Crippen LogP contribution in [0, 0.1) is 12.8 Å². The number of carbonyl (C=O) groups excluding carboxylic acids is 2. The Bertz CT molecular complexity index is 1480. The molecule has 4 rings (SSSR count). The molecule has 0 radical (unpaired) electrons. The van der Waals surface area contributed by atoms with E-state index in [9.17, 15) is 18.0 Å². The minimum absolute atomic E-state index is 0.129. The maximum absolute atomic E-state index is 14.2. The summed E-state index contributed by atoms with van der Waals surface area (Å²) in [6.45, 7) is 6.79. The molecule has 1 aliphatic rings. The fraction of sp³-hybridized carbons (Fsp3) is 0.375. The number of nitrogens with one attached hydrogen (secondary N) is 1. The van der Waals surface area contributed by atoms with E-state index in [-0.39, 0.29) is 30.5 Å². The van der Waals surface area contributed by atoms with Crippen LogP contribution in [0.15, 0.2) is 72.8 Å². The molecule has 0 aromatic heterocycles. The molecule has 0 fully saturated rings. The van der Waals surface area contributed by atoms with Gasteiger partial charge >= 0.3 is 0 Å². The average Bonchev–Trinajstić information content (AvgIpc) is 2.97. The summed E-state index contributed by atoms with van der Waals surface area (Å²) < 4.78 is 38.3. The van der Waals surface area contributed by atoms with Gasteiger partial charge in [0.2, 0.25) is 21.8 Å². The SMILES string of the molecule is Cc1ccc(CN(C(=O)CN(c2ccc3c(c2)OCCO3)S(C)(=O)=O)[C@@H](Cc2ccccc2)C(=O)NCC(C)C)cc1. The van der Waals surface area contributed by atoms with E-state index in [0.717, 1.165) is 27.3 Å². The Hall–Kier alpha value is -4.05. The van der Waals surface area contributed by atoms with E-state index >= 15 is 0 Å². The molecule has 0 unspecified atom stereocenters. The summed E-state index contributed by atoms with van der Waals surface area (Å²) >= 11 is 0. The van der Waals surface area contributed by atoms with Crippen molar-refractivity contribution >= 4 is 27.5 Å². The standard InChI is InChI=1S/C32H39N3O6S/c1-23(2)20-33-32(37)28(18-25-8-6-5-7-9-25)34(21-26-12-10-24(3)11-13-26)31(36)22-35(42(4,38)39)27-14-15-29-30(19-27)41-17-16-40-29/h5-15,19,23,28H,16-18,20-22H2,1-4H3,(H,33,37)/t28-/m0/s1. The van der Waals surface area contributed by atoms with Crippen LogP contribution in [0.25, 0.3) is 0 Å². The smallest absolute Gasteiger partial charge is 0.244 e. The van der Waals surface area contributed by atoms with E-state index in [1.54, 1.807) is 18.2 Å². The lowest BCUT2D eigenvalue weighted by molar-refractivity contribution is -0.140. The summed E-state index contributed by atoms with van der Waals surface area (Å²) in [5.74, 6) is 0.333. The van der Waals surface area contributed by atoms with Crippen molar-refractivity contribution in [1.82, 2.24) is 10.2 Å². The molecule has 10 heteroatoms. The number of aryl methyl sites for hydroxylation is 1. The maximum atomic E-state index is 14.2. The molecule has 0 saturated carbocycles. The molecule has 0 aliphatic carbocycles. The highest BCUT2D eigenvalue weighted by Gasteiger charge is 2.33. The van der Waals surface area contributed by atoms with E-state index in [2.05, 4.69) is 5.32 Å². The molecule has 0 bridgehead atoms. The highest BCUT2D eigenvalue weighted by Crippen LogP contribution is 2.34. The monoisotopic (exact) mass is 593 g/mol. The molecule has 1 heterocycles. The van der Waals surface area contributed by atoms with Crippen molar-refractivity contribution < 1.29 is 27.5 Å². The van der Waals surface area contributed by atoms with Crippen LogP contribution in [0.2, 0.25) is 0 Å². The van der Waals surface area contributed by atoms with E-state index in [0.29, 0.717) is 31.3 Å². The second-order valence-corrected chi connectivity index (χ2v) is 12.9. The van der Waals surface area contributed by atoms with Gasteiger partial charge in [0.25, 0.3) is 0 Å². The zero-order valence-electron chi connectivity index (χ0n) is 24.6. The number of anilines is 1. The molecule has 42 heavy (non-hydrogen) atoms. The van der Waals surface area contributed by atoms with Crippen molar-refractivity contribution in [3.05, 3.63) is 89.5 Å². The highest BCUT2D eigenvalue weighted by molar-refractivity contribution is 7.92. The van der Waals surface area contributed by atoms with Crippen LogP contribution in [0.3, 0.4) is 0 Å². The molecule has 2 amide bonds. The number of nitrogens with zero attached hydrogens (tertiary/aromatic N) is 2. The van der Waals surface area contributed by atoms with Crippen molar-refractivity contribution in [3.8, 4) is 11.5 Å². The van der Waals surface area contributed by atoms with Gasteiger partial charge in [-0.1, -0.05) is 74.0 Å². The predicted molar refractivity (Wildman–Crippen MR) is 163 cm³/mol. The third-order valence-corrected chi connectivity index (χ3v) is 8.06. The van der Waals surface area contributed by atoms with E-state index in [4.69, 9.17) is 9.47 Å². The van der Waals surface area contributed by atoms with Gasteiger partial charge in [0.05, 0.1) is 11.9 Å². The van der Waals surface area contributed by atoms with E-state index in [1.807, 2.05) is 75.4 Å². The number of fused-ring (bicyclic) bond motifs is 1. The van der Waals surface area contributed by atoms with Crippen LogP contribution < -0.4 is 19.1 Å². The molecule has 0 spiro atoms. The second-order valence-electron chi connectivity index (χ2n) is 10.9. The number of hydrogen-bond acceptors (Lipinski definition) is 6. The fourth-order valence-electron chi connectivity index (χ4n) is 4.67. The molecule has 1 atom stereocenters. The van der Waals surface area contributed by atoms with Crippen molar-refractivity contribution in [3.63, 3.8) is 0 Å². The van der Waals surface area contributed by atoms with Gasteiger partial charge in [0.15, 0.2) is 11.5 Å². The first-order chi connectivity index (χ1) is 20.0. The Morgan fingerprint density at radius 3 is 2.21 bits per heavy atom. The predicted octanol–water partition coefficient (Wildman–Crippen LogP) is 3.94. The number of carbonyl (C=O) groups is 2. The lowest BCUT2D eigenvalue weighted by atomic mass is 10.0. The third-order valence-electron chi connectivity index (χ3n) is 6.92. The fourth-order valence-corrected chi connectivity index (χ4v) is 5.51. The number of ether oxygens (including phenoxy) is 2. The first kappa shape index (κ1) is 30.9. The topological polar surface area (TPSA) is 105 Å². The van der Waals surface area contributed by atoms with Gasteiger partial charge in [0.1, 0.15) is 25.8 Å². The van der Waals surface area contributed by atoms with Gasteiger partial charge in [-0.2, -0.15) is 0 Å². The van der Waals surface area contributed by atoms with Crippen LogP contribution in [0.4, 0.5) is 5.69 Å². The summed E-state index contributed by atoms with van der Waals surface area (Å²) in [6.07, 6.45) is 1.32. The molecule has 3 aromatic carbocycles. The van der Waals surface area contributed by atoms with Crippen LogP contribution in [0.1, 0.15) is 30.5 Å². The Balaban J connectivity index is 1.71. The molecule has 224 valence electrons. The van der Waals surface area contributed by atoms with Crippen molar-refractivity contribution in [2.45, 2.75) is 39.8 Å². The van der Waals surface area contributed by atoms with Crippen LogP contribution in [-0.2, 0) is 32.6 Å². The average molecular weight is 594 g/mol. The molecule has 1 aliphatic heterocycles. The van der Waals surface area contributed by atoms with Gasteiger partial charge in [-0.15, -0.1) is 0 Å². The zero-order valence-corrected chi connectivity index (χ0v) is 25.4. The Morgan fingerprint density at radius 1 is 0.905 bits per heavy atom. The molecule has 0 saturated heterocycles. The zero-order chi connectivity index (χ0) is 30.3. The minimum Gasteiger partial charge on any atom is -0.486 e. The lowest BCUT2D eigenvalue weighted by Crippen LogP contribution is -2.53. The number of rotatable bonds is 12. The van der Waals surface area contributed by atoms with Crippen LogP contribution in [-0.4, -0.2) is 63.7 Å². The van der Waals surface area contributed by atoms with Gasteiger partial charge in [-0.05, 0) is 36.1 Å². The van der Waals surface area contributed by atoms with Crippen LogP contribution in [0.5, 0.6) is 11.5 Å². The summed E-state index contributed by atoms with van der Waals surface area (Å²) in [7, 11) is -3.89. The second kappa shape index (κ2) is 13.7. The van der Waals surface area contributed by atoms with Gasteiger partial charge in [0, 0.05) is 25.6 Å². The van der Waals surface area contributed by atoms with Gasteiger partial charge in [-0.25, -0.2) is 8.42 Å². The highest BCUT2D eigenvalue weighted by atomic mass is 32.2. The molecule has 1 N–H and O–H groups in total. The minimum atomic E-state index is -3.89. The Labute approximate surface area is 248 Å². The maximum Gasteiger partial charge on any atom is 0.244 e. The van der Waals surface area contributed by atoms with Crippen molar-refractivity contribution in [2.24, 2.45) is 5.92 Å². The number of hydrogen-bond donors (Lipinski definition) is 1. The first-order valence-electron chi connectivity index (χ1n) is 14.1. The normalized spacial score (nSPS) is 13.4. The summed E-state index contributed by atoms with van der Waals surface area (Å²) in [4.78, 5) is 29.4. The quantitative estimate of drug-likeness (QED) is 0.341. The van der Waals surface area contributed by atoms with Gasteiger partial charge < -0.3 is 19.7 Å². The summed E-state index contributed by atoms with van der Waals surface area (Å²) in [5.41, 5.74) is 3.05.